The molecule has 13 heavy (non-hydrogen) atoms. The molecule has 0 unspecified atom stereocenters. The molecule has 0 aromatic rings. The largest absolute Gasteiger partial charge is 0.395 e. The van der Waals surface area contributed by atoms with Crippen LogP contribution < -0.4 is 0 Å². The molecule has 0 spiro atoms. The highest BCUT2D eigenvalue weighted by Gasteiger charge is 2.22. The third-order valence-corrected chi connectivity index (χ3v) is 2.12. The smallest absolute Gasteiger partial charge is 0.0678 e. The first-order valence-electron chi connectivity index (χ1n) is 4.94. The predicted molar refractivity (Wildman–Crippen MR) is 53.6 cm³/mol. The van der Waals surface area contributed by atoms with Crippen LogP contribution in [0.15, 0.2) is 11.6 Å². The number of rotatable bonds is 5. The standard InChI is InChI=1S/C11H20O2/c1-9(6-11(2,3)8-12)7-13-10-4-5-10/h6,10,12H,4-5,7-8H2,1-3H3. The van der Waals surface area contributed by atoms with Crippen molar-refractivity contribution in [3.05, 3.63) is 11.6 Å². The van der Waals surface area contributed by atoms with Crippen LogP contribution in [-0.2, 0) is 4.74 Å². The van der Waals surface area contributed by atoms with Gasteiger partial charge in [0, 0.05) is 5.41 Å². The van der Waals surface area contributed by atoms with E-state index in [0.29, 0.717) is 12.7 Å². The van der Waals surface area contributed by atoms with Crippen LogP contribution in [0.5, 0.6) is 0 Å². The van der Waals surface area contributed by atoms with Gasteiger partial charge in [-0.1, -0.05) is 25.5 Å². The normalized spacial score (nSPS) is 19.2. The van der Waals surface area contributed by atoms with E-state index in [1.165, 1.54) is 18.4 Å². The van der Waals surface area contributed by atoms with Crippen molar-refractivity contribution in [3.63, 3.8) is 0 Å². The van der Waals surface area contributed by atoms with Gasteiger partial charge in [-0.2, -0.15) is 0 Å². The molecule has 2 heteroatoms. The van der Waals surface area contributed by atoms with Gasteiger partial charge < -0.3 is 9.84 Å². The van der Waals surface area contributed by atoms with Crippen molar-refractivity contribution in [2.24, 2.45) is 5.41 Å². The lowest BCUT2D eigenvalue weighted by molar-refractivity contribution is 0.139. The third kappa shape index (κ3) is 4.44. The van der Waals surface area contributed by atoms with Gasteiger partial charge >= 0.3 is 0 Å². The van der Waals surface area contributed by atoms with Crippen molar-refractivity contribution >= 4 is 0 Å². The summed E-state index contributed by atoms with van der Waals surface area (Å²) in [6.45, 7) is 7.00. The number of hydrogen-bond donors (Lipinski definition) is 1. The van der Waals surface area contributed by atoms with Gasteiger partial charge in [0.15, 0.2) is 0 Å². The van der Waals surface area contributed by atoms with E-state index in [1.54, 1.807) is 0 Å². The molecular weight excluding hydrogens is 164 g/mol. The Balaban J connectivity index is 2.30. The summed E-state index contributed by atoms with van der Waals surface area (Å²) in [5.74, 6) is 0. The van der Waals surface area contributed by atoms with Crippen LogP contribution in [0.3, 0.4) is 0 Å². The molecule has 0 aromatic heterocycles. The summed E-state index contributed by atoms with van der Waals surface area (Å²) < 4.78 is 5.56. The first-order valence-corrected chi connectivity index (χ1v) is 4.94. The summed E-state index contributed by atoms with van der Waals surface area (Å²) in [7, 11) is 0. The molecule has 0 amide bonds. The molecule has 1 aliphatic carbocycles. The van der Waals surface area contributed by atoms with E-state index < -0.39 is 0 Å². The topological polar surface area (TPSA) is 29.5 Å². The molecule has 76 valence electrons. The molecule has 0 aromatic carbocycles. The fourth-order valence-electron chi connectivity index (χ4n) is 1.24. The Morgan fingerprint density at radius 3 is 2.62 bits per heavy atom. The second-order valence-electron chi connectivity index (χ2n) is 4.65. The lowest BCUT2D eigenvalue weighted by atomic mass is 9.92. The highest BCUT2D eigenvalue weighted by molar-refractivity contribution is 5.05. The van der Waals surface area contributed by atoms with Crippen LogP contribution >= 0.6 is 0 Å². The highest BCUT2D eigenvalue weighted by atomic mass is 16.5. The average Bonchev–Trinajstić information content (AvgIpc) is 2.83. The van der Waals surface area contributed by atoms with Crippen molar-refractivity contribution in [3.8, 4) is 0 Å². The molecular formula is C11H20O2. The summed E-state index contributed by atoms with van der Waals surface area (Å²) >= 11 is 0. The Bertz CT molecular complexity index is 190. The summed E-state index contributed by atoms with van der Waals surface area (Å²) in [5, 5.41) is 9.05. The number of hydrogen-bond acceptors (Lipinski definition) is 2. The summed E-state index contributed by atoms with van der Waals surface area (Å²) in [6, 6.07) is 0. The van der Waals surface area contributed by atoms with Crippen LogP contribution in [0.2, 0.25) is 0 Å². The molecule has 0 atom stereocenters. The number of ether oxygens (including phenoxy) is 1. The molecule has 0 bridgehead atoms. The Morgan fingerprint density at radius 1 is 1.54 bits per heavy atom. The third-order valence-electron chi connectivity index (χ3n) is 2.12. The zero-order valence-electron chi connectivity index (χ0n) is 8.84. The Kier molecular flexibility index (Phi) is 3.51. The van der Waals surface area contributed by atoms with Crippen molar-refractivity contribution in [1.82, 2.24) is 0 Å². The van der Waals surface area contributed by atoms with E-state index in [9.17, 15) is 0 Å². The lowest BCUT2D eigenvalue weighted by Gasteiger charge is -2.17. The maximum Gasteiger partial charge on any atom is 0.0678 e. The molecule has 1 aliphatic rings. The van der Waals surface area contributed by atoms with E-state index in [-0.39, 0.29) is 12.0 Å². The van der Waals surface area contributed by atoms with E-state index in [1.807, 2.05) is 13.8 Å². The molecule has 1 rings (SSSR count). The molecule has 0 radical (unpaired) electrons. The van der Waals surface area contributed by atoms with Gasteiger partial charge in [0.05, 0.1) is 19.3 Å². The maximum atomic E-state index is 9.05. The zero-order valence-corrected chi connectivity index (χ0v) is 8.84. The summed E-state index contributed by atoms with van der Waals surface area (Å²) in [4.78, 5) is 0. The molecule has 0 aliphatic heterocycles. The first-order chi connectivity index (χ1) is 6.03. The quantitative estimate of drug-likeness (QED) is 0.663. The highest BCUT2D eigenvalue weighted by Crippen LogP contribution is 2.25. The summed E-state index contributed by atoms with van der Waals surface area (Å²) in [6.07, 6.45) is 5.04. The Hall–Kier alpha value is -0.340. The van der Waals surface area contributed by atoms with Gasteiger partial charge in [-0.15, -0.1) is 0 Å². The van der Waals surface area contributed by atoms with Gasteiger partial charge in [0.2, 0.25) is 0 Å². The summed E-state index contributed by atoms with van der Waals surface area (Å²) in [5.41, 5.74) is 1.10. The number of aliphatic hydroxyl groups is 1. The zero-order chi connectivity index (χ0) is 9.90. The molecule has 1 saturated carbocycles. The second kappa shape index (κ2) is 4.25. The van der Waals surface area contributed by atoms with Gasteiger partial charge in [-0.3, -0.25) is 0 Å². The SMILES string of the molecule is CC(=CC(C)(C)CO)COC1CC1. The fraction of sp³-hybridized carbons (Fsp3) is 0.818. The van der Waals surface area contributed by atoms with E-state index in [4.69, 9.17) is 9.84 Å². The van der Waals surface area contributed by atoms with E-state index in [0.717, 1.165) is 0 Å². The molecule has 1 fully saturated rings. The molecule has 0 heterocycles. The monoisotopic (exact) mass is 184 g/mol. The minimum Gasteiger partial charge on any atom is -0.395 e. The van der Waals surface area contributed by atoms with Crippen LogP contribution in [-0.4, -0.2) is 24.4 Å². The van der Waals surface area contributed by atoms with Crippen LogP contribution in [0.25, 0.3) is 0 Å². The van der Waals surface area contributed by atoms with Gasteiger partial charge in [-0.25, -0.2) is 0 Å². The lowest BCUT2D eigenvalue weighted by Crippen LogP contribution is -2.14. The van der Waals surface area contributed by atoms with Crippen molar-refractivity contribution in [2.45, 2.75) is 39.7 Å². The van der Waals surface area contributed by atoms with Crippen molar-refractivity contribution in [1.29, 1.82) is 0 Å². The van der Waals surface area contributed by atoms with Crippen molar-refractivity contribution in [2.75, 3.05) is 13.2 Å². The average molecular weight is 184 g/mol. The fourth-order valence-corrected chi connectivity index (χ4v) is 1.24. The minimum absolute atomic E-state index is 0.114. The predicted octanol–water partition coefficient (Wildman–Crippen LogP) is 2.13. The second-order valence-corrected chi connectivity index (χ2v) is 4.65. The van der Waals surface area contributed by atoms with E-state index in [2.05, 4.69) is 13.0 Å². The Morgan fingerprint density at radius 2 is 2.15 bits per heavy atom. The first kappa shape index (κ1) is 10.7. The molecule has 1 N–H and O–H groups in total. The van der Waals surface area contributed by atoms with Crippen molar-refractivity contribution < 1.29 is 9.84 Å². The van der Waals surface area contributed by atoms with Gasteiger partial charge in [0.1, 0.15) is 0 Å². The van der Waals surface area contributed by atoms with E-state index >= 15 is 0 Å². The van der Waals surface area contributed by atoms with Gasteiger partial charge in [-0.05, 0) is 19.8 Å². The Labute approximate surface area is 80.6 Å². The van der Waals surface area contributed by atoms with Crippen LogP contribution in [0.4, 0.5) is 0 Å². The maximum absolute atomic E-state index is 9.05. The van der Waals surface area contributed by atoms with Gasteiger partial charge in [0.25, 0.3) is 0 Å². The molecule has 2 nitrogen and oxygen atoms in total. The minimum atomic E-state index is -0.114. The van der Waals surface area contributed by atoms with Crippen LogP contribution in [0.1, 0.15) is 33.6 Å². The molecule has 0 saturated heterocycles. The number of aliphatic hydroxyl groups excluding tert-OH is 1. The van der Waals surface area contributed by atoms with Crippen LogP contribution in [0, 0.1) is 5.41 Å².